The second-order valence-electron chi connectivity index (χ2n) is 7.95. The van der Waals surface area contributed by atoms with Crippen LogP contribution in [0, 0.1) is 11.7 Å². The van der Waals surface area contributed by atoms with Crippen LogP contribution < -0.4 is 14.8 Å². The summed E-state index contributed by atoms with van der Waals surface area (Å²) in [6.45, 7) is 6.75. The summed E-state index contributed by atoms with van der Waals surface area (Å²) >= 11 is 0. The van der Waals surface area contributed by atoms with E-state index in [0.29, 0.717) is 43.4 Å². The standard InChI is InChI=1S/C25H30FN3O3/c1-5-23-22(13-14-24(30)27-16-17(2)3)25(32-21-8-6-7-18(26)15-21)29(28-23)19-9-11-20(31-4)12-10-19/h6-12,15,17H,5,13-14,16H2,1-4H3,(H,27,30). The molecule has 1 heterocycles. The predicted molar refractivity (Wildman–Crippen MR) is 122 cm³/mol. The van der Waals surface area contributed by atoms with Gasteiger partial charge in [-0.1, -0.05) is 26.8 Å². The number of hydrogen-bond acceptors (Lipinski definition) is 4. The van der Waals surface area contributed by atoms with Crippen molar-refractivity contribution >= 4 is 5.91 Å². The first-order chi connectivity index (χ1) is 15.4. The van der Waals surface area contributed by atoms with Crippen LogP contribution >= 0.6 is 0 Å². The highest BCUT2D eigenvalue weighted by atomic mass is 19.1. The van der Waals surface area contributed by atoms with E-state index in [4.69, 9.17) is 14.6 Å². The van der Waals surface area contributed by atoms with Gasteiger partial charge in [-0.05, 0) is 55.2 Å². The number of aromatic nitrogens is 2. The lowest BCUT2D eigenvalue weighted by Gasteiger charge is -2.12. The highest BCUT2D eigenvalue weighted by Crippen LogP contribution is 2.32. The van der Waals surface area contributed by atoms with Crippen molar-refractivity contribution < 1.29 is 18.7 Å². The number of halogens is 1. The minimum atomic E-state index is -0.386. The summed E-state index contributed by atoms with van der Waals surface area (Å²) in [6, 6.07) is 13.4. The fourth-order valence-electron chi connectivity index (χ4n) is 3.30. The Balaban J connectivity index is 1.97. The number of nitrogens with one attached hydrogen (secondary N) is 1. The predicted octanol–water partition coefficient (Wildman–Crippen LogP) is 5.08. The summed E-state index contributed by atoms with van der Waals surface area (Å²) in [6.07, 6.45) is 1.45. The highest BCUT2D eigenvalue weighted by molar-refractivity contribution is 5.76. The van der Waals surface area contributed by atoms with Gasteiger partial charge in [-0.3, -0.25) is 4.79 Å². The van der Waals surface area contributed by atoms with Crippen molar-refractivity contribution in [1.82, 2.24) is 15.1 Å². The van der Waals surface area contributed by atoms with Crippen LogP contribution in [0.5, 0.6) is 17.4 Å². The lowest BCUT2D eigenvalue weighted by atomic mass is 10.1. The van der Waals surface area contributed by atoms with Gasteiger partial charge in [0.25, 0.3) is 0 Å². The molecule has 0 fully saturated rings. The minimum Gasteiger partial charge on any atom is -0.497 e. The Morgan fingerprint density at radius 2 is 1.91 bits per heavy atom. The molecule has 1 amide bonds. The molecule has 6 nitrogen and oxygen atoms in total. The summed E-state index contributed by atoms with van der Waals surface area (Å²) in [5.41, 5.74) is 2.46. The Bertz CT molecular complexity index is 1050. The molecule has 1 aromatic heterocycles. The fourth-order valence-corrected chi connectivity index (χ4v) is 3.30. The van der Waals surface area contributed by atoms with Gasteiger partial charge in [-0.2, -0.15) is 5.10 Å². The number of nitrogens with zero attached hydrogens (tertiary/aromatic N) is 2. The first kappa shape index (κ1) is 23.3. The zero-order valence-corrected chi connectivity index (χ0v) is 19.0. The maximum absolute atomic E-state index is 13.8. The molecule has 0 saturated carbocycles. The van der Waals surface area contributed by atoms with E-state index in [1.165, 1.54) is 12.1 Å². The number of benzene rings is 2. The normalized spacial score (nSPS) is 10.9. The summed E-state index contributed by atoms with van der Waals surface area (Å²) in [7, 11) is 1.61. The van der Waals surface area contributed by atoms with Gasteiger partial charge in [0.2, 0.25) is 11.8 Å². The van der Waals surface area contributed by atoms with Crippen molar-refractivity contribution in [2.75, 3.05) is 13.7 Å². The van der Waals surface area contributed by atoms with Gasteiger partial charge in [0.15, 0.2) is 0 Å². The fraction of sp³-hybridized carbons (Fsp3) is 0.360. The summed E-state index contributed by atoms with van der Waals surface area (Å²) in [5, 5.41) is 7.70. The zero-order chi connectivity index (χ0) is 23.1. The maximum Gasteiger partial charge on any atom is 0.226 e. The Labute approximate surface area is 188 Å². The molecule has 170 valence electrons. The average Bonchev–Trinajstić information content (AvgIpc) is 3.13. The largest absolute Gasteiger partial charge is 0.497 e. The van der Waals surface area contributed by atoms with Crippen molar-refractivity contribution in [2.24, 2.45) is 5.92 Å². The molecule has 0 bridgehead atoms. The topological polar surface area (TPSA) is 65.4 Å². The molecule has 1 N–H and O–H groups in total. The van der Waals surface area contributed by atoms with Crippen LogP contribution in [0.25, 0.3) is 5.69 Å². The first-order valence-corrected chi connectivity index (χ1v) is 10.9. The van der Waals surface area contributed by atoms with E-state index in [1.54, 1.807) is 23.9 Å². The summed E-state index contributed by atoms with van der Waals surface area (Å²) in [4.78, 5) is 12.3. The number of methoxy groups -OCH3 is 1. The molecule has 7 heteroatoms. The van der Waals surface area contributed by atoms with Crippen LogP contribution in [0.4, 0.5) is 4.39 Å². The van der Waals surface area contributed by atoms with Gasteiger partial charge in [0.1, 0.15) is 17.3 Å². The molecule has 0 aliphatic heterocycles. The van der Waals surface area contributed by atoms with E-state index in [0.717, 1.165) is 22.7 Å². The van der Waals surface area contributed by atoms with Gasteiger partial charge >= 0.3 is 0 Å². The molecule has 0 spiro atoms. The molecule has 0 atom stereocenters. The Hall–Kier alpha value is -3.35. The molecule has 3 rings (SSSR count). The van der Waals surface area contributed by atoms with Crippen LogP contribution in [0.3, 0.4) is 0 Å². The molecule has 32 heavy (non-hydrogen) atoms. The van der Waals surface area contributed by atoms with E-state index >= 15 is 0 Å². The quantitative estimate of drug-likeness (QED) is 0.478. The Morgan fingerprint density at radius 3 is 2.53 bits per heavy atom. The van der Waals surface area contributed by atoms with Crippen LogP contribution in [0.1, 0.15) is 38.4 Å². The van der Waals surface area contributed by atoms with E-state index in [2.05, 4.69) is 19.2 Å². The van der Waals surface area contributed by atoms with E-state index < -0.39 is 0 Å². The van der Waals surface area contributed by atoms with Crippen LogP contribution in [0.15, 0.2) is 48.5 Å². The van der Waals surface area contributed by atoms with Gasteiger partial charge in [0, 0.05) is 24.6 Å². The molecule has 0 aliphatic rings. The number of hydrogen-bond donors (Lipinski definition) is 1. The van der Waals surface area contributed by atoms with Crippen molar-refractivity contribution in [3.05, 3.63) is 65.6 Å². The summed E-state index contributed by atoms with van der Waals surface area (Å²) < 4.78 is 26.9. The second kappa shape index (κ2) is 10.8. The van der Waals surface area contributed by atoms with E-state index in [-0.39, 0.29) is 11.7 Å². The third-order valence-corrected chi connectivity index (χ3v) is 4.99. The molecule has 0 saturated heterocycles. The van der Waals surface area contributed by atoms with Gasteiger partial charge in [-0.15, -0.1) is 0 Å². The van der Waals surface area contributed by atoms with Crippen LogP contribution in [0.2, 0.25) is 0 Å². The van der Waals surface area contributed by atoms with Gasteiger partial charge in [0.05, 0.1) is 18.5 Å². The lowest BCUT2D eigenvalue weighted by Crippen LogP contribution is -2.27. The first-order valence-electron chi connectivity index (χ1n) is 10.9. The third-order valence-electron chi connectivity index (χ3n) is 4.99. The highest BCUT2D eigenvalue weighted by Gasteiger charge is 2.21. The third kappa shape index (κ3) is 5.87. The van der Waals surface area contributed by atoms with Crippen LogP contribution in [-0.4, -0.2) is 29.3 Å². The van der Waals surface area contributed by atoms with Crippen LogP contribution in [-0.2, 0) is 17.6 Å². The minimum absolute atomic E-state index is 0.0188. The summed E-state index contributed by atoms with van der Waals surface area (Å²) in [5.74, 6) is 1.56. The number of aryl methyl sites for hydroxylation is 1. The van der Waals surface area contributed by atoms with Crippen molar-refractivity contribution in [2.45, 2.75) is 40.0 Å². The zero-order valence-electron chi connectivity index (χ0n) is 19.0. The average molecular weight is 440 g/mol. The van der Waals surface area contributed by atoms with Crippen molar-refractivity contribution in [3.8, 4) is 23.1 Å². The van der Waals surface area contributed by atoms with Gasteiger partial charge in [-0.25, -0.2) is 9.07 Å². The number of ether oxygens (including phenoxy) is 2. The molecular formula is C25H30FN3O3. The van der Waals surface area contributed by atoms with E-state index in [9.17, 15) is 9.18 Å². The lowest BCUT2D eigenvalue weighted by molar-refractivity contribution is -0.121. The number of carbonyl (C=O) groups is 1. The Kier molecular flexibility index (Phi) is 7.87. The molecular weight excluding hydrogens is 409 g/mol. The number of rotatable bonds is 10. The number of amides is 1. The molecule has 2 aromatic carbocycles. The number of carbonyl (C=O) groups excluding carboxylic acids is 1. The van der Waals surface area contributed by atoms with E-state index in [1.807, 2.05) is 31.2 Å². The molecule has 0 aliphatic carbocycles. The molecule has 3 aromatic rings. The maximum atomic E-state index is 13.8. The SMILES string of the molecule is CCc1nn(-c2ccc(OC)cc2)c(Oc2cccc(F)c2)c1CCC(=O)NCC(C)C. The monoisotopic (exact) mass is 439 g/mol. The second-order valence-corrected chi connectivity index (χ2v) is 7.95. The Morgan fingerprint density at radius 1 is 1.16 bits per heavy atom. The van der Waals surface area contributed by atoms with Gasteiger partial charge < -0.3 is 14.8 Å². The van der Waals surface area contributed by atoms with Crippen molar-refractivity contribution in [3.63, 3.8) is 0 Å². The molecule has 0 radical (unpaired) electrons. The van der Waals surface area contributed by atoms with Crippen molar-refractivity contribution in [1.29, 1.82) is 0 Å². The molecule has 0 unspecified atom stereocenters. The smallest absolute Gasteiger partial charge is 0.226 e.